The van der Waals surface area contributed by atoms with Gasteiger partial charge < -0.3 is 15.7 Å². The molecule has 106 valence electrons. The summed E-state index contributed by atoms with van der Waals surface area (Å²) < 4.78 is 0. The standard InChI is InChI=1S/C12H19N3O3S/c1-7(2)4-9(11(16)17)15-12(18)13-5-10-8(3)14-6-19-10/h6-7,9H,4-5H2,1-3H3,(H,16,17)(H2,13,15,18). The lowest BCUT2D eigenvalue weighted by Gasteiger charge is -2.16. The van der Waals surface area contributed by atoms with E-state index in [0.29, 0.717) is 13.0 Å². The van der Waals surface area contributed by atoms with Crippen LogP contribution >= 0.6 is 11.3 Å². The number of aromatic nitrogens is 1. The van der Waals surface area contributed by atoms with Gasteiger partial charge in [0.1, 0.15) is 6.04 Å². The van der Waals surface area contributed by atoms with Gasteiger partial charge in [0, 0.05) is 4.88 Å². The van der Waals surface area contributed by atoms with E-state index in [2.05, 4.69) is 15.6 Å². The number of thiazole rings is 1. The Balaban J connectivity index is 2.45. The van der Waals surface area contributed by atoms with Crippen molar-refractivity contribution >= 4 is 23.3 Å². The molecule has 3 N–H and O–H groups in total. The third-order valence-electron chi connectivity index (χ3n) is 2.56. The van der Waals surface area contributed by atoms with E-state index in [1.54, 1.807) is 5.51 Å². The third-order valence-corrected chi connectivity index (χ3v) is 3.50. The molecule has 1 aromatic heterocycles. The lowest BCUT2D eigenvalue weighted by Crippen LogP contribution is -2.46. The van der Waals surface area contributed by atoms with E-state index in [-0.39, 0.29) is 5.92 Å². The molecule has 1 aromatic rings. The maximum absolute atomic E-state index is 11.6. The number of carboxylic acid groups (broad SMARTS) is 1. The van der Waals surface area contributed by atoms with Crippen LogP contribution in [0.1, 0.15) is 30.8 Å². The fourth-order valence-electron chi connectivity index (χ4n) is 1.56. The molecule has 6 nitrogen and oxygen atoms in total. The molecule has 1 atom stereocenters. The molecule has 0 aromatic carbocycles. The number of aliphatic carboxylic acids is 1. The van der Waals surface area contributed by atoms with Gasteiger partial charge >= 0.3 is 12.0 Å². The number of rotatable bonds is 6. The summed E-state index contributed by atoms with van der Waals surface area (Å²) >= 11 is 1.46. The Morgan fingerprint density at radius 3 is 2.63 bits per heavy atom. The molecule has 0 spiro atoms. The molecule has 0 aliphatic rings. The zero-order valence-electron chi connectivity index (χ0n) is 11.3. The molecule has 0 aliphatic heterocycles. The summed E-state index contributed by atoms with van der Waals surface area (Å²) in [5, 5.41) is 14.1. The number of carbonyl (C=O) groups is 2. The van der Waals surface area contributed by atoms with Gasteiger partial charge in [-0.2, -0.15) is 0 Å². The number of nitrogens with one attached hydrogen (secondary N) is 2. The van der Waals surface area contributed by atoms with Gasteiger partial charge in [0.05, 0.1) is 17.7 Å². The van der Waals surface area contributed by atoms with Crippen LogP contribution in [0.25, 0.3) is 0 Å². The van der Waals surface area contributed by atoms with Crippen LogP contribution in [0, 0.1) is 12.8 Å². The molecule has 0 radical (unpaired) electrons. The Bertz CT molecular complexity index is 445. The minimum Gasteiger partial charge on any atom is -0.480 e. The fourth-order valence-corrected chi connectivity index (χ4v) is 2.28. The van der Waals surface area contributed by atoms with E-state index in [0.717, 1.165) is 10.6 Å². The number of hydrogen-bond donors (Lipinski definition) is 3. The van der Waals surface area contributed by atoms with Crippen LogP contribution in [0.15, 0.2) is 5.51 Å². The van der Waals surface area contributed by atoms with Crippen LogP contribution in [0.2, 0.25) is 0 Å². The molecule has 0 saturated carbocycles. The number of amides is 2. The topological polar surface area (TPSA) is 91.3 Å². The lowest BCUT2D eigenvalue weighted by atomic mass is 10.0. The smallest absolute Gasteiger partial charge is 0.326 e. The van der Waals surface area contributed by atoms with Crippen molar-refractivity contribution in [3.63, 3.8) is 0 Å². The Morgan fingerprint density at radius 2 is 2.16 bits per heavy atom. The zero-order chi connectivity index (χ0) is 14.4. The maximum Gasteiger partial charge on any atom is 0.326 e. The molecule has 0 fully saturated rings. The van der Waals surface area contributed by atoms with Gasteiger partial charge in [-0.3, -0.25) is 0 Å². The van der Waals surface area contributed by atoms with Crippen LogP contribution in [-0.4, -0.2) is 28.1 Å². The highest BCUT2D eigenvalue weighted by Gasteiger charge is 2.20. The molecule has 7 heteroatoms. The van der Waals surface area contributed by atoms with Gasteiger partial charge in [-0.1, -0.05) is 13.8 Å². The number of carbonyl (C=O) groups excluding carboxylic acids is 1. The number of nitrogens with zero attached hydrogens (tertiary/aromatic N) is 1. The summed E-state index contributed by atoms with van der Waals surface area (Å²) in [6.45, 7) is 6.05. The second kappa shape index (κ2) is 7.08. The summed E-state index contributed by atoms with van der Waals surface area (Å²) in [5.41, 5.74) is 2.59. The Kier molecular flexibility index (Phi) is 5.75. The van der Waals surface area contributed by atoms with Crippen molar-refractivity contribution in [3.8, 4) is 0 Å². The first kappa shape index (κ1) is 15.4. The molecule has 0 bridgehead atoms. The van der Waals surface area contributed by atoms with Crippen molar-refractivity contribution in [2.45, 2.75) is 39.8 Å². The maximum atomic E-state index is 11.6. The average molecular weight is 285 g/mol. The van der Waals surface area contributed by atoms with Gasteiger partial charge in [-0.15, -0.1) is 11.3 Å². The molecule has 1 heterocycles. The number of carboxylic acids is 1. The van der Waals surface area contributed by atoms with E-state index < -0.39 is 18.0 Å². The Hall–Kier alpha value is -1.63. The van der Waals surface area contributed by atoms with Gasteiger partial charge in [0.25, 0.3) is 0 Å². The number of aryl methyl sites for hydroxylation is 1. The van der Waals surface area contributed by atoms with Crippen molar-refractivity contribution in [3.05, 3.63) is 16.1 Å². The highest BCUT2D eigenvalue weighted by molar-refractivity contribution is 7.09. The second-order valence-corrected chi connectivity index (χ2v) is 5.65. The number of urea groups is 1. The predicted octanol–water partition coefficient (Wildman–Crippen LogP) is 1.75. The van der Waals surface area contributed by atoms with Crippen LogP contribution in [0.4, 0.5) is 4.79 Å². The van der Waals surface area contributed by atoms with Crippen molar-refractivity contribution in [1.29, 1.82) is 0 Å². The van der Waals surface area contributed by atoms with Gasteiger partial charge in [0.2, 0.25) is 0 Å². The van der Waals surface area contributed by atoms with E-state index in [9.17, 15) is 9.59 Å². The van der Waals surface area contributed by atoms with Crippen molar-refractivity contribution < 1.29 is 14.7 Å². The summed E-state index contributed by atoms with van der Waals surface area (Å²) in [4.78, 5) is 27.7. The SMILES string of the molecule is Cc1ncsc1CNC(=O)NC(CC(C)C)C(=O)O. The van der Waals surface area contributed by atoms with Gasteiger partial charge in [0.15, 0.2) is 0 Å². The number of hydrogen-bond acceptors (Lipinski definition) is 4. The largest absolute Gasteiger partial charge is 0.480 e. The molecule has 1 rings (SSSR count). The third kappa shape index (κ3) is 5.25. The first-order chi connectivity index (χ1) is 8.90. The van der Waals surface area contributed by atoms with Crippen LogP contribution in [0.5, 0.6) is 0 Å². The quantitative estimate of drug-likeness (QED) is 0.742. The first-order valence-electron chi connectivity index (χ1n) is 6.06. The zero-order valence-corrected chi connectivity index (χ0v) is 12.1. The molecular formula is C12H19N3O3S. The Labute approximate surface area is 116 Å². The molecule has 19 heavy (non-hydrogen) atoms. The second-order valence-electron chi connectivity index (χ2n) is 4.71. The minimum atomic E-state index is -1.02. The van der Waals surface area contributed by atoms with Crippen LogP contribution in [-0.2, 0) is 11.3 Å². The van der Waals surface area contributed by atoms with Crippen molar-refractivity contribution in [2.24, 2.45) is 5.92 Å². The highest BCUT2D eigenvalue weighted by Crippen LogP contribution is 2.11. The van der Waals surface area contributed by atoms with Gasteiger partial charge in [-0.25, -0.2) is 14.6 Å². The highest BCUT2D eigenvalue weighted by atomic mass is 32.1. The van der Waals surface area contributed by atoms with E-state index >= 15 is 0 Å². The normalized spacial score (nSPS) is 12.2. The molecule has 1 unspecified atom stereocenters. The van der Waals surface area contributed by atoms with Crippen molar-refractivity contribution in [2.75, 3.05) is 0 Å². The monoisotopic (exact) mass is 285 g/mol. The molecule has 0 aliphatic carbocycles. The van der Waals surface area contributed by atoms with Crippen LogP contribution < -0.4 is 10.6 Å². The van der Waals surface area contributed by atoms with Crippen LogP contribution in [0.3, 0.4) is 0 Å². The molecule has 0 saturated heterocycles. The summed E-state index contributed by atoms with van der Waals surface area (Å²) in [6, 6.07) is -1.33. The summed E-state index contributed by atoms with van der Waals surface area (Å²) in [5.74, 6) is -0.817. The average Bonchev–Trinajstić information content (AvgIpc) is 2.70. The Morgan fingerprint density at radius 1 is 1.47 bits per heavy atom. The summed E-state index contributed by atoms with van der Waals surface area (Å²) in [6.07, 6.45) is 0.405. The lowest BCUT2D eigenvalue weighted by molar-refractivity contribution is -0.139. The predicted molar refractivity (Wildman–Crippen MR) is 73.1 cm³/mol. The van der Waals surface area contributed by atoms with E-state index in [1.807, 2.05) is 20.8 Å². The van der Waals surface area contributed by atoms with Crippen molar-refractivity contribution in [1.82, 2.24) is 15.6 Å². The first-order valence-corrected chi connectivity index (χ1v) is 6.94. The summed E-state index contributed by atoms with van der Waals surface area (Å²) in [7, 11) is 0. The van der Waals surface area contributed by atoms with E-state index in [4.69, 9.17) is 5.11 Å². The van der Waals surface area contributed by atoms with E-state index in [1.165, 1.54) is 11.3 Å². The minimum absolute atomic E-state index is 0.199. The van der Waals surface area contributed by atoms with Gasteiger partial charge in [-0.05, 0) is 19.3 Å². The fraction of sp³-hybridized carbons (Fsp3) is 0.583. The molecule has 2 amide bonds. The molecular weight excluding hydrogens is 266 g/mol.